The van der Waals surface area contributed by atoms with Crippen LogP contribution in [0.4, 0.5) is 17.6 Å². The van der Waals surface area contributed by atoms with E-state index in [1.807, 2.05) is 0 Å². The van der Waals surface area contributed by atoms with Gasteiger partial charge in [-0.25, -0.2) is 8.78 Å². The van der Waals surface area contributed by atoms with Crippen molar-refractivity contribution in [1.29, 1.82) is 0 Å². The second-order valence-electron chi connectivity index (χ2n) is 9.92. The molecule has 1 N–H and O–H groups in total. The van der Waals surface area contributed by atoms with Crippen LogP contribution in [-0.2, 0) is 9.59 Å². The van der Waals surface area contributed by atoms with Crippen LogP contribution in [0.3, 0.4) is 0 Å². The summed E-state index contributed by atoms with van der Waals surface area (Å²) in [5.41, 5.74) is -0.237. The molecule has 2 amide bonds. The molecule has 1 aliphatic heterocycles. The fourth-order valence-electron chi connectivity index (χ4n) is 6.54. The van der Waals surface area contributed by atoms with Gasteiger partial charge in [0.25, 0.3) is 0 Å². The van der Waals surface area contributed by atoms with Gasteiger partial charge in [0.1, 0.15) is 0 Å². The van der Waals surface area contributed by atoms with E-state index in [4.69, 9.17) is 0 Å². The van der Waals surface area contributed by atoms with E-state index in [9.17, 15) is 27.2 Å². The number of hydrogen-bond donors (Lipinski definition) is 1. The van der Waals surface area contributed by atoms with Gasteiger partial charge in [-0.2, -0.15) is 8.78 Å². The van der Waals surface area contributed by atoms with E-state index >= 15 is 0 Å². The maximum absolute atomic E-state index is 13.2. The fourth-order valence-corrected chi connectivity index (χ4v) is 6.54. The summed E-state index contributed by atoms with van der Waals surface area (Å²) in [6.07, 6.45) is 3.21. The number of amides is 2. The summed E-state index contributed by atoms with van der Waals surface area (Å²) in [6.45, 7) is 0.0560. The molecular weight excluding hydrogens is 402 g/mol. The Morgan fingerprint density at radius 3 is 2.00 bits per heavy atom. The van der Waals surface area contributed by atoms with Gasteiger partial charge in [-0.3, -0.25) is 14.5 Å². The Bertz CT molecular complexity index is 629. The van der Waals surface area contributed by atoms with Crippen LogP contribution < -0.4 is 5.32 Å². The van der Waals surface area contributed by atoms with Gasteiger partial charge >= 0.3 is 12.3 Å². The number of alkyl halides is 4. The van der Waals surface area contributed by atoms with Crippen molar-refractivity contribution in [3.63, 3.8) is 0 Å². The normalized spacial score (nSPS) is 33.9. The highest BCUT2D eigenvalue weighted by atomic mass is 19.3. The largest absolute Gasteiger partial charge is 0.355 e. The van der Waals surface area contributed by atoms with Gasteiger partial charge in [-0.15, -0.1) is 0 Å². The molecule has 0 unspecified atom stereocenters. The topological polar surface area (TPSA) is 52.7 Å². The summed E-state index contributed by atoms with van der Waals surface area (Å²) in [4.78, 5) is 28.2. The number of hydrogen-bond acceptors (Lipinski definition) is 3. The number of nitrogens with zero attached hydrogens (tertiary/aromatic N) is 2. The molecule has 0 aromatic heterocycles. The SMILES string of the molecule is O=C(CCNC(=O)C12CC3CC(CC(C3)C1)C2)N1CCN(CC(F)(F)C(F)F)CC1. The molecule has 4 saturated carbocycles. The molecule has 1 heterocycles. The zero-order valence-corrected chi connectivity index (χ0v) is 17.2. The minimum Gasteiger partial charge on any atom is -0.355 e. The van der Waals surface area contributed by atoms with Crippen LogP contribution in [0.1, 0.15) is 44.9 Å². The Kier molecular flexibility index (Phi) is 6.03. The second kappa shape index (κ2) is 8.28. The summed E-state index contributed by atoms with van der Waals surface area (Å²) in [5.74, 6) is -2.05. The van der Waals surface area contributed by atoms with E-state index in [2.05, 4.69) is 5.32 Å². The Labute approximate surface area is 174 Å². The Hall–Kier alpha value is -1.38. The molecule has 0 spiro atoms. The zero-order chi connectivity index (χ0) is 21.5. The molecule has 4 bridgehead atoms. The van der Waals surface area contributed by atoms with Crippen LogP contribution in [0.25, 0.3) is 0 Å². The molecule has 170 valence electrons. The third-order valence-electron chi connectivity index (χ3n) is 7.62. The first-order chi connectivity index (χ1) is 14.2. The van der Waals surface area contributed by atoms with Crippen LogP contribution in [0.5, 0.6) is 0 Å². The van der Waals surface area contributed by atoms with Crippen molar-refractivity contribution in [2.24, 2.45) is 23.2 Å². The number of carbonyl (C=O) groups is 2. The summed E-state index contributed by atoms with van der Waals surface area (Å²) in [7, 11) is 0. The fraction of sp³-hybridized carbons (Fsp3) is 0.905. The van der Waals surface area contributed by atoms with Crippen molar-refractivity contribution < 1.29 is 27.2 Å². The first-order valence-electron chi connectivity index (χ1n) is 11.1. The molecule has 30 heavy (non-hydrogen) atoms. The second-order valence-corrected chi connectivity index (χ2v) is 9.92. The highest BCUT2D eigenvalue weighted by Crippen LogP contribution is 2.60. The number of rotatable bonds is 7. The molecule has 0 atom stereocenters. The summed E-state index contributed by atoms with van der Waals surface area (Å²) in [6, 6.07) is 0. The maximum Gasteiger partial charge on any atom is 0.319 e. The van der Waals surface area contributed by atoms with E-state index in [0.29, 0.717) is 17.8 Å². The lowest BCUT2D eigenvalue weighted by Crippen LogP contribution is -2.54. The molecule has 0 aromatic rings. The number of carbonyl (C=O) groups excluding carboxylic acids is 2. The molecule has 0 radical (unpaired) electrons. The Balaban J connectivity index is 1.18. The van der Waals surface area contributed by atoms with Gasteiger partial charge in [-0.1, -0.05) is 0 Å². The van der Waals surface area contributed by atoms with Gasteiger partial charge < -0.3 is 10.2 Å². The van der Waals surface area contributed by atoms with E-state index in [1.165, 1.54) is 24.2 Å². The monoisotopic (exact) mass is 433 g/mol. The average molecular weight is 433 g/mol. The third-order valence-corrected chi connectivity index (χ3v) is 7.62. The van der Waals surface area contributed by atoms with Crippen molar-refractivity contribution in [3.8, 4) is 0 Å². The van der Waals surface area contributed by atoms with Crippen molar-refractivity contribution in [1.82, 2.24) is 15.1 Å². The van der Waals surface area contributed by atoms with Crippen LogP contribution in [0.2, 0.25) is 0 Å². The number of nitrogens with one attached hydrogen (secondary N) is 1. The van der Waals surface area contributed by atoms with Crippen molar-refractivity contribution in [2.45, 2.75) is 57.3 Å². The lowest BCUT2D eigenvalue weighted by atomic mass is 9.49. The summed E-state index contributed by atoms with van der Waals surface area (Å²) >= 11 is 0. The number of piperazine rings is 1. The minimum atomic E-state index is -4.03. The smallest absolute Gasteiger partial charge is 0.319 e. The van der Waals surface area contributed by atoms with Gasteiger partial charge in [-0.05, 0) is 56.3 Å². The molecule has 0 aromatic carbocycles. The van der Waals surface area contributed by atoms with Gasteiger partial charge in [0.15, 0.2) is 0 Å². The lowest BCUT2D eigenvalue weighted by Gasteiger charge is -2.55. The minimum absolute atomic E-state index is 0.0912. The summed E-state index contributed by atoms with van der Waals surface area (Å²) < 4.78 is 51.0. The molecule has 9 heteroatoms. The predicted molar refractivity (Wildman–Crippen MR) is 102 cm³/mol. The first-order valence-corrected chi connectivity index (χ1v) is 11.1. The average Bonchev–Trinajstić information content (AvgIpc) is 2.67. The van der Waals surface area contributed by atoms with Crippen molar-refractivity contribution >= 4 is 11.8 Å². The molecule has 5 fully saturated rings. The molecule has 4 aliphatic carbocycles. The quantitative estimate of drug-likeness (QED) is 0.629. The van der Waals surface area contributed by atoms with E-state index in [1.54, 1.807) is 4.90 Å². The molecule has 5 aliphatic rings. The molecular formula is C21H31F4N3O2. The molecule has 5 rings (SSSR count). The van der Waals surface area contributed by atoms with Crippen molar-refractivity contribution in [2.75, 3.05) is 39.3 Å². The van der Waals surface area contributed by atoms with Crippen molar-refractivity contribution in [3.05, 3.63) is 0 Å². The Morgan fingerprint density at radius 2 is 1.50 bits per heavy atom. The van der Waals surface area contributed by atoms with E-state index < -0.39 is 18.9 Å². The summed E-state index contributed by atoms with van der Waals surface area (Å²) in [5, 5.41) is 2.98. The zero-order valence-electron chi connectivity index (χ0n) is 17.2. The van der Waals surface area contributed by atoms with E-state index in [-0.39, 0.29) is 56.4 Å². The number of halogens is 4. The third kappa shape index (κ3) is 4.46. The maximum atomic E-state index is 13.2. The van der Waals surface area contributed by atoms with Crippen LogP contribution in [-0.4, -0.2) is 73.2 Å². The first kappa shape index (κ1) is 21.8. The molecule has 5 nitrogen and oxygen atoms in total. The van der Waals surface area contributed by atoms with Gasteiger partial charge in [0, 0.05) is 44.6 Å². The standard InChI is InChI=1S/C21H31F4N3O2/c22-18(23)21(24,25)13-27-3-5-28(6-4-27)17(29)1-2-26-19(30)20-10-14-7-15(11-20)9-16(8-14)12-20/h14-16,18H,1-13H2,(H,26,30). The van der Waals surface area contributed by atoms with Crippen LogP contribution in [0.15, 0.2) is 0 Å². The van der Waals surface area contributed by atoms with Crippen LogP contribution >= 0.6 is 0 Å². The van der Waals surface area contributed by atoms with Gasteiger partial charge in [0.2, 0.25) is 11.8 Å². The molecule has 1 saturated heterocycles. The van der Waals surface area contributed by atoms with Gasteiger partial charge in [0.05, 0.1) is 6.54 Å². The highest BCUT2D eigenvalue weighted by Gasteiger charge is 2.54. The van der Waals surface area contributed by atoms with Crippen LogP contribution in [0, 0.1) is 23.2 Å². The van der Waals surface area contributed by atoms with E-state index in [0.717, 1.165) is 19.3 Å². The predicted octanol–water partition coefficient (Wildman–Crippen LogP) is 2.75. The lowest BCUT2D eigenvalue weighted by molar-refractivity contribution is -0.148. The Morgan fingerprint density at radius 1 is 0.967 bits per heavy atom. The highest BCUT2D eigenvalue weighted by molar-refractivity contribution is 5.84.